The van der Waals surface area contributed by atoms with E-state index in [1.165, 1.54) is 5.56 Å². The molecule has 0 aromatic heterocycles. The Hall–Kier alpha value is -1.02. The summed E-state index contributed by atoms with van der Waals surface area (Å²) in [4.78, 5) is 7.25. The number of hydrogen-bond acceptors (Lipinski definition) is 3. The highest BCUT2D eigenvalue weighted by molar-refractivity contribution is 14.0. The fraction of sp³-hybridized carbons (Fsp3) is 0.667. The monoisotopic (exact) mass is 489 g/mol. The Bertz CT molecular complexity index is 543. The summed E-state index contributed by atoms with van der Waals surface area (Å²) >= 11 is 0. The van der Waals surface area contributed by atoms with Gasteiger partial charge in [-0.05, 0) is 56.7 Å². The number of benzene rings is 1. The van der Waals surface area contributed by atoms with Crippen LogP contribution in [0, 0.1) is 0 Å². The van der Waals surface area contributed by atoms with E-state index >= 15 is 0 Å². The van der Waals surface area contributed by atoms with E-state index in [0.717, 1.165) is 63.8 Å². The topological polar surface area (TPSA) is 46.1 Å². The van der Waals surface area contributed by atoms with Gasteiger partial charge in [0.1, 0.15) is 5.75 Å². The molecule has 1 fully saturated rings. The van der Waals surface area contributed by atoms with Crippen LogP contribution in [0.15, 0.2) is 29.3 Å². The summed E-state index contributed by atoms with van der Waals surface area (Å²) in [5, 5.41) is 3.45. The van der Waals surface area contributed by atoms with E-state index in [4.69, 9.17) is 14.5 Å². The van der Waals surface area contributed by atoms with Crippen LogP contribution in [0.5, 0.6) is 5.75 Å². The van der Waals surface area contributed by atoms with E-state index in [-0.39, 0.29) is 24.0 Å². The summed E-state index contributed by atoms with van der Waals surface area (Å²) in [6.45, 7) is 11.0. The molecule has 1 unspecified atom stereocenters. The lowest BCUT2D eigenvalue weighted by Crippen LogP contribution is -2.47. The van der Waals surface area contributed by atoms with E-state index in [1.54, 1.807) is 7.11 Å². The van der Waals surface area contributed by atoms with Crippen LogP contribution < -0.4 is 10.1 Å². The number of ether oxygens (including phenoxy) is 2. The number of hydrogen-bond donors (Lipinski definition) is 1. The molecular weight excluding hydrogens is 453 g/mol. The number of rotatable bonds is 8. The maximum atomic E-state index is 5.75. The molecule has 0 bridgehead atoms. The van der Waals surface area contributed by atoms with Crippen molar-refractivity contribution < 1.29 is 9.47 Å². The Balaban J connectivity index is 0.00000364. The second-order valence-corrected chi connectivity index (χ2v) is 6.84. The minimum atomic E-state index is 0. The molecule has 154 valence electrons. The van der Waals surface area contributed by atoms with Gasteiger partial charge in [0.2, 0.25) is 0 Å². The highest BCUT2D eigenvalue weighted by atomic mass is 127. The molecule has 5 nitrogen and oxygen atoms in total. The first-order chi connectivity index (χ1) is 12.7. The summed E-state index contributed by atoms with van der Waals surface area (Å²) in [6.07, 6.45) is 3.62. The number of likely N-dealkylation sites (tertiary alicyclic amines) is 1. The molecule has 1 aromatic rings. The third-order valence-electron chi connectivity index (χ3n) is 4.99. The summed E-state index contributed by atoms with van der Waals surface area (Å²) in [5.41, 5.74) is 1.34. The molecule has 0 radical (unpaired) electrons. The van der Waals surface area contributed by atoms with Gasteiger partial charge in [0, 0.05) is 32.8 Å². The highest BCUT2D eigenvalue weighted by Crippen LogP contribution is 2.22. The standard InChI is InChI=1S/C21H35N3O2.HI/c1-5-22-21(24-15-12-20(13-16-24)26-6-2)23-14-11-17(3)18-7-9-19(25-4)10-8-18;/h7-10,17,20H,5-6,11-16H2,1-4H3,(H,22,23);1H. The Kier molecular flexibility index (Phi) is 11.7. The van der Waals surface area contributed by atoms with Crippen LogP contribution in [0.3, 0.4) is 0 Å². The third kappa shape index (κ3) is 7.86. The summed E-state index contributed by atoms with van der Waals surface area (Å²) in [6, 6.07) is 8.36. The average Bonchev–Trinajstić information content (AvgIpc) is 2.68. The van der Waals surface area contributed by atoms with Gasteiger partial charge in [-0.15, -0.1) is 24.0 Å². The van der Waals surface area contributed by atoms with Crippen LogP contribution >= 0.6 is 24.0 Å². The van der Waals surface area contributed by atoms with Crippen molar-refractivity contribution in [2.24, 2.45) is 4.99 Å². The molecule has 1 atom stereocenters. The number of nitrogens with zero attached hydrogens (tertiary/aromatic N) is 2. The first-order valence-corrected chi connectivity index (χ1v) is 9.96. The zero-order chi connectivity index (χ0) is 18.8. The fourth-order valence-corrected chi connectivity index (χ4v) is 3.36. The Morgan fingerprint density at radius 2 is 1.89 bits per heavy atom. The van der Waals surface area contributed by atoms with E-state index in [2.05, 4.69) is 43.1 Å². The third-order valence-corrected chi connectivity index (χ3v) is 4.99. The predicted molar refractivity (Wildman–Crippen MR) is 124 cm³/mol. The maximum Gasteiger partial charge on any atom is 0.193 e. The van der Waals surface area contributed by atoms with Crippen molar-refractivity contribution in [3.05, 3.63) is 29.8 Å². The second kappa shape index (κ2) is 13.2. The lowest BCUT2D eigenvalue weighted by molar-refractivity contribution is 0.0264. The number of aliphatic imine (C=N–C) groups is 1. The molecule has 1 aromatic carbocycles. The number of piperidine rings is 1. The molecule has 1 saturated heterocycles. The van der Waals surface area contributed by atoms with Crippen molar-refractivity contribution in [3.8, 4) is 5.75 Å². The SMILES string of the molecule is CCNC(=NCCC(C)c1ccc(OC)cc1)N1CCC(OCC)CC1.I. The van der Waals surface area contributed by atoms with Gasteiger partial charge in [0.05, 0.1) is 13.2 Å². The van der Waals surface area contributed by atoms with Crippen molar-refractivity contribution >= 4 is 29.9 Å². The van der Waals surface area contributed by atoms with Crippen LogP contribution in [-0.4, -0.2) is 56.9 Å². The number of methoxy groups -OCH3 is 1. The zero-order valence-electron chi connectivity index (χ0n) is 17.2. The van der Waals surface area contributed by atoms with Crippen LogP contribution in [0.1, 0.15) is 51.5 Å². The molecular formula is C21H36IN3O2. The minimum Gasteiger partial charge on any atom is -0.497 e. The van der Waals surface area contributed by atoms with Gasteiger partial charge in [-0.3, -0.25) is 4.99 Å². The quantitative estimate of drug-likeness (QED) is 0.337. The molecule has 1 heterocycles. The van der Waals surface area contributed by atoms with Crippen LogP contribution in [0.2, 0.25) is 0 Å². The van der Waals surface area contributed by atoms with Gasteiger partial charge >= 0.3 is 0 Å². The molecule has 0 amide bonds. The van der Waals surface area contributed by atoms with Crippen molar-refractivity contribution in [1.82, 2.24) is 10.2 Å². The van der Waals surface area contributed by atoms with E-state index in [9.17, 15) is 0 Å². The van der Waals surface area contributed by atoms with Gasteiger partial charge in [-0.2, -0.15) is 0 Å². The molecule has 0 aliphatic carbocycles. The smallest absolute Gasteiger partial charge is 0.193 e. The van der Waals surface area contributed by atoms with E-state index in [0.29, 0.717) is 12.0 Å². The number of guanidine groups is 1. The van der Waals surface area contributed by atoms with Crippen LogP contribution in [-0.2, 0) is 4.74 Å². The van der Waals surface area contributed by atoms with Gasteiger partial charge in [0.15, 0.2) is 5.96 Å². The first kappa shape index (κ1) is 24.0. The predicted octanol–water partition coefficient (Wildman–Crippen LogP) is 4.27. The number of halogens is 1. The van der Waals surface area contributed by atoms with Crippen molar-refractivity contribution in [3.63, 3.8) is 0 Å². The molecule has 2 rings (SSSR count). The Morgan fingerprint density at radius 1 is 1.22 bits per heavy atom. The van der Waals surface area contributed by atoms with Gasteiger partial charge in [-0.1, -0.05) is 19.1 Å². The first-order valence-electron chi connectivity index (χ1n) is 9.96. The largest absolute Gasteiger partial charge is 0.497 e. The Morgan fingerprint density at radius 3 is 2.44 bits per heavy atom. The van der Waals surface area contributed by atoms with E-state index in [1.807, 2.05) is 12.1 Å². The number of nitrogens with one attached hydrogen (secondary N) is 1. The van der Waals surface area contributed by atoms with Crippen molar-refractivity contribution in [2.45, 2.75) is 52.1 Å². The zero-order valence-corrected chi connectivity index (χ0v) is 19.6. The molecule has 1 aliphatic heterocycles. The highest BCUT2D eigenvalue weighted by Gasteiger charge is 2.21. The van der Waals surface area contributed by atoms with Crippen molar-refractivity contribution in [2.75, 3.05) is 39.9 Å². The molecule has 6 heteroatoms. The molecule has 0 spiro atoms. The maximum absolute atomic E-state index is 5.75. The fourth-order valence-electron chi connectivity index (χ4n) is 3.36. The summed E-state index contributed by atoms with van der Waals surface area (Å²) < 4.78 is 11.0. The molecule has 0 saturated carbocycles. The van der Waals surface area contributed by atoms with E-state index < -0.39 is 0 Å². The summed E-state index contributed by atoms with van der Waals surface area (Å²) in [5.74, 6) is 2.43. The van der Waals surface area contributed by atoms with Gasteiger partial charge in [-0.25, -0.2) is 0 Å². The van der Waals surface area contributed by atoms with Crippen molar-refractivity contribution in [1.29, 1.82) is 0 Å². The van der Waals surface area contributed by atoms with Gasteiger partial charge in [0.25, 0.3) is 0 Å². The molecule has 1 N–H and O–H groups in total. The Labute approximate surface area is 181 Å². The average molecular weight is 489 g/mol. The normalized spacial score (nSPS) is 16.6. The lowest BCUT2D eigenvalue weighted by Gasteiger charge is -2.34. The van der Waals surface area contributed by atoms with Gasteiger partial charge < -0.3 is 19.7 Å². The van der Waals surface area contributed by atoms with Crippen LogP contribution in [0.4, 0.5) is 0 Å². The second-order valence-electron chi connectivity index (χ2n) is 6.84. The molecule has 27 heavy (non-hydrogen) atoms. The minimum absolute atomic E-state index is 0. The van der Waals surface area contributed by atoms with Crippen LogP contribution in [0.25, 0.3) is 0 Å². The lowest BCUT2D eigenvalue weighted by atomic mass is 9.98. The molecule has 1 aliphatic rings. The summed E-state index contributed by atoms with van der Waals surface area (Å²) in [7, 11) is 1.70.